The summed E-state index contributed by atoms with van der Waals surface area (Å²) in [6.07, 6.45) is 3.31. The summed E-state index contributed by atoms with van der Waals surface area (Å²) in [6, 6.07) is 0.353. The average Bonchev–Trinajstić information content (AvgIpc) is 2.50. The SMILES string of the molecule is CC.CC(C)C1=CN=CC(=O)N(C(C)C)C1C(C)C. The highest BCUT2D eigenvalue weighted by Crippen LogP contribution is 2.28. The van der Waals surface area contributed by atoms with Gasteiger partial charge in [-0.25, -0.2) is 0 Å². The maximum Gasteiger partial charge on any atom is 0.265 e. The molecule has 0 aromatic rings. The van der Waals surface area contributed by atoms with E-state index in [9.17, 15) is 4.79 Å². The van der Waals surface area contributed by atoms with Crippen LogP contribution in [0.25, 0.3) is 0 Å². The van der Waals surface area contributed by atoms with Gasteiger partial charge in [0.25, 0.3) is 5.91 Å². The quantitative estimate of drug-likeness (QED) is 0.762. The van der Waals surface area contributed by atoms with Gasteiger partial charge in [-0.2, -0.15) is 0 Å². The lowest BCUT2D eigenvalue weighted by molar-refractivity contribution is -0.127. The number of amides is 1. The lowest BCUT2D eigenvalue weighted by Crippen LogP contribution is -2.48. The number of nitrogens with zero attached hydrogens (tertiary/aromatic N) is 2. The van der Waals surface area contributed by atoms with E-state index >= 15 is 0 Å². The summed E-state index contributed by atoms with van der Waals surface area (Å²) < 4.78 is 0. The Kier molecular flexibility index (Phi) is 7.65. The standard InChI is InChI=1S/C14H24N2O.C2H6/c1-9(2)12-7-15-8-13(17)16(11(5)6)14(12)10(3)4;1-2/h7-11,14H,1-6H3;1-2H3. The molecule has 0 N–H and O–H groups in total. The third-order valence-electron chi connectivity index (χ3n) is 3.16. The van der Waals surface area contributed by atoms with Crippen LogP contribution in [0, 0.1) is 11.8 Å². The highest BCUT2D eigenvalue weighted by Gasteiger charge is 2.32. The third-order valence-corrected chi connectivity index (χ3v) is 3.16. The summed E-state index contributed by atoms with van der Waals surface area (Å²) in [5.41, 5.74) is 1.25. The van der Waals surface area contributed by atoms with Crippen molar-refractivity contribution in [3.63, 3.8) is 0 Å². The normalized spacial score (nSPS) is 19.5. The summed E-state index contributed by atoms with van der Waals surface area (Å²) in [7, 11) is 0. The molecule has 1 aliphatic heterocycles. The molecule has 1 rings (SSSR count). The Morgan fingerprint density at radius 3 is 2.00 bits per heavy atom. The summed E-state index contributed by atoms with van der Waals surface area (Å²) in [5, 5.41) is 0. The van der Waals surface area contributed by atoms with E-state index in [1.807, 2.05) is 24.9 Å². The molecule has 110 valence electrons. The minimum absolute atomic E-state index is 0.0191. The number of rotatable bonds is 3. The Morgan fingerprint density at radius 2 is 1.63 bits per heavy atom. The van der Waals surface area contributed by atoms with E-state index in [1.165, 1.54) is 11.8 Å². The van der Waals surface area contributed by atoms with Crippen LogP contribution < -0.4 is 0 Å². The summed E-state index contributed by atoms with van der Waals surface area (Å²) >= 11 is 0. The first-order valence-electron chi connectivity index (χ1n) is 7.41. The first kappa shape index (κ1) is 17.9. The van der Waals surface area contributed by atoms with Crippen molar-refractivity contribution < 1.29 is 4.79 Å². The molecule has 0 radical (unpaired) electrons. The molecule has 0 aromatic carbocycles. The molecule has 0 aliphatic carbocycles. The Hall–Kier alpha value is -1.12. The Balaban J connectivity index is 0.00000154. The number of hydrogen-bond acceptors (Lipinski definition) is 2. The van der Waals surface area contributed by atoms with Crippen molar-refractivity contribution in [3.05, 3.63) is 11.8 Å². The van der Waals surface area contributed by atoms with Gasteiger partial charge < -0.3 is 4.90 Å². The van der Waals surface area contributed by atoms with Crippen molar-refractivity contribution >= 4 is 12.1 Å². The lowest BCUT2D eigenvalue weighted by Gasteiger charge is -2.38. The number of aliphatic imine (C=N–C) groups is 1. The van der Waals surface area contributed by atoms with Crippen LogP contribution >= 0.6 is 0 Å². The van der Waals surface area contributed by atoms with Gasteiger partial charge in [0.15, 0.2) is 0 Å². The smallest absolute Gasteiger partial charge is 0.265 e. The lowest BCUT2D eigenvalue weighted by atomic mass is 9.87. The van der Waals surface area contributed by atoms with Crippen molar-refractivity contribution in [2.75, 3.05) is 0 Å². The second kappa shape index (κ2) is 8.13. The fourth-order valence-corrected chi connectivity index (χ4v) is 2.40. The van der Waals surface area contributed by atoms with Crippen LogP contribution in [0.15, 0.2) is 16.8 Å². The van der Waals surface area contributed by atoms with Gasteiger partial charge in [0.05, 0.1) is 12.3 Å². The van der Waals surface area contributed by atoms with Crippen LogP contribution in [0.2, 0.25) is 0 Å². The molecule has 1 unspecified atom stereocenters. The van der Waals surface area contributed by atoms with E-state index in [0.29, 0.717) is 11.8 Å². The van der Waals surface area contributed by atoms with E-state index in [0.717, 1.165) is 0 Å². The Bertz CT molecular complexity index is 341. The molecule has 0 saturated carbocycles. The van der Waals surface area contributed by atoms with Crippen LogP contribution in [0.1, 0.15) is 55.4 Å². The van der Waals surface area contributed by atoms with Crippen molar-refractivity contribution in [2.24, 2.45) is 16.8 Å². The fraction of sp³-hybridized carbons (Fsp3) is 0.750. The van der Waals surface area contributed by atoms with Gasteiger partial charge in [-0.1, -0.05) is 41.5 Å². The zero-order valence-electron chi connectivity index (χ0n) is 13.8. The molecule has 3 heteroatoms. The highest BCUT2D eigenvalue weighted by molar-refractivity contribution is 6.26. The largest absolute Gasteiger partial charge is 0.328 e. The number of carbonyl (C=O) groups excluding carboxylic acids is 1. The molecule has 1 amide bonds. The van der Waals surface area contributed by atoms with E-state index < -0.39 is 0 Å². The molecule has 1 atom stereocenters. The maximum absolute atomic E-state index is 12.1. The van der Waals surface area contributed by atoms with Crippen LogP contribution in [-0.4, -0.2) is 29.1 Å². The molecule has 0 aromatic heterocycles. The maximum atomic E-state index is 12.1. The topological polar surface area (TPSA) is 32.7 Å². The summed E-state index contributed by atoms with van der Waals surface area (Å²) in [5.74, 6) is 0.828. The summed E-state index contributed by atoms with van der Waals surface area (Å²) in [6.45, 7) is 16.8. The van der Waals surface area contributed by atoms with E-state index in [1.54, 1.807) is 0 Å². The molecule has 3 nitrogen and oxygen atoms in total. The van der Waals surface area contributed by atoms with Gasteiger partial charge in [-0.15, -0.1) is 0 Å². The van der Waals surface area contributed by atoms with Crippen LogP contribution in [0.4, 0.5) is 0 Å². The Labute approximate surface area is 118 Å². The Morgan fingerprint density at radius 1 is 1.11 bits per heavy atom. The van der Waals surface area contributed by atoms with Crippen molar-refractivity contribution in [1.29, 1.82) is 0 Å². The predicted octanol–water partition coefficient (Wildman–Crippen LogP) is 3.90. The molecule has 1 heterocycles. The van der Waals surface area contributed by atoms with Gasteiger partial charge in [0, 0.05) is 12.2 Å². The molecule has 0 spiro atoms. The zero-order valence-corrected chi connectivity index (χ0v) is 13.8. The van der Waals surface area contributed by atoms with Gasteiger partial charge in [0.2, 0.25) is 0 Å². The molecule has 1 aliphatic rings. The average molecular weight is 266 g/mol. The van der Waals surface area contributed by atoms with Crippen LogP contribution in [0.5, 0.6) is 0 Å². The molecule has 0 bridgehead atoms. The first-order chi connectivity index (χ1) is 8.86. The van der Waals surface area contributed by atoms with Crippen LogP contribution in [-0.2, 0) is 4.79 Å². The zero-order chi connectivity index (χ0) is 15.2. The van der Waals surface area contributed by atoms with Crippen molar-refractivity contribution in [3.8, 4) is 0 Å². The van der Waals surface area contributed by atoms with E-state index in [2.05, 4.69) is 46.5 Å². The fourth-order valence-electron chi connectivity index (χ4n) is 2.40. The van der Waals surface area contributed by atoms with Crippen LogP contribution in [0.3, 0.4) is 0 Å². The van der Waals surface area contributed by atoms with Crippen molar-refractivity contribution in [2.45, 2.75) is 67.5 Å². The van der Waals surface area contributed by atoms with Gasteiger partial charge in [-0.3, -0.25) is 9.79 Å². The molecule has 19 heavy (non-hydrogen) atoms. The van der Waals surface area contributed by atoms with E-state index in [4.69, 9.17) is 0 Å². The predicted molar refractivity (Wildman–Crippen MR) is 83.4 cm³/mol. The minimum atomic E-state index is 0.0191. The van der Waals surface area contributed by atoms with Gasteiger partial charge >= 0.3 is 0 Å². The van der Waals surface area contributed by atoms with Gasteiger partial charge in [-0.05, 0) is 31.3 Å². The molecule has 0 saturated heterocycles. The van der Waals surface area contributed by atoms with Crippen molar-refractivity contribution in [1.82, 2.24) is 4.90 Å². The van der Waals surface area contributed by atoms with E-state index in [-0.39, 0.29) is 18.0 Å². The monoisotopic (exact) mass is 266 g/mol. The first-order valence-corrected chi connectivity index (χ1v) is 7.41. The molecular weight excluding hydrogens is 236 g/mol. The summed E-state index contributed by atoms with van der Waals surface area (Å²) in [4.78, 5) is 18.2. The molecule has 0 fully saturated rings. The molecular formula is C16H30N2O. The third kappa shape index (κ3) is 4.48. The highest BCUT2D eigenvalue weighted by atomic mass is 16.2. The minimum Gasteiger partial charge on any atom is -0.328 e. The number of carbonyl (C=O) groups is 1. The number of hydrogen-bond donors (Lipinski definition) is 0. The second-order valence-electron chi connectivity index (χ2n) is 5.59. The second-order valence-corrected chi connectivity index (χ2v) is 5.59. The van der Waals surface area contributed by atoms with Gasteiger partial charge in [0.1, 0.15) is 0 Å².